The highest BCUT2D eigenvalue weighted by atomic mass is 19.1. The number of aliphatic hydroxyl groups is 1. The second-order valence-electron chi connectivity index (χ2n) is 5.02. The van der Waals surface area contributed by atoms with Crippen LogP contribution >= 0.6 is 0 Å². The van der Waals surface area contributed by atoms with Gasteiger partial charge in [0.25, 0.3) is 0 Å². The number of benzene rings is 1. The van der Waals surface area contributed by atoms with Crippen LogP contribution in [0.25, 0.3) is 0 Å². The van der Waals surface area contributed by atoms with Gasteiger partial charge in [-0.25, -0.2) is 9.18 Å². The van der Waals surface area contributed by atoms with E-state index in [-0.39, 0.29) is 18.0 Å². The molecule has 1 fully saturated rings. The van der Waals surface area contributed by atoms with Gasteiger partial charge in [-0.2, -0.15) is 0 Å². The molecule has 0 bridgehead atoms. The molecule has 2 rings (SSSR count). The summed E-state index contributed by atoms with van der Waals surface area (Å²) >= 11 is 0. The normalized spacial score (nSPS) is 22.8. The second kappa shape index (κ2) is 6.52. The first-order valence-corrected chi connectivity index (χ1v) is 6.62. The molecular weight excluding hydrogens is 247 g/mol. The number of carbonyl (C=O) groups is 1. The van der Waals surface area contributed by atoms with Crippen molar-refractivity contribution < 1.29 is 14.3 Å². The zero-order chi connectivity index (χ0) is 13.7. The minimum absolute atomic E-state index is 0.183. The van der Waals surface area contributed by atoms with Crippen molar-refractivity contribution >= 4 is 11.7 Å². The zero-order valence-corrected chi connectivity index (χ0v) is 10.7. The number of hydrogen-bond acceptors (Lipinski definition) is 2. The summed E-state index contributed by atoms with van der Waals surface area (Å²) in [5.41, 5.74) is 0.441. The topological polar surface area (TPSA) is 61.4 Å². The number of rotatable bonds is 3. The largest absolute Gasteiger partial charge is 0.393 e. The number of aliphatic hydroxyl groups excluding tert-OH is 1. The van der Waals surface area contributed by atoms with Gasteiger partial charge in [0.15, 0.2) is 0 Å². The summed E-state index contributed by atoms with van der Waals surface area (Å²) in [6.45, 7) is 0.591. The molecule has 0 spiro atoms. The molecule has 0 unspecified atom stereocenters. The van der Waals surface area contributed by atoms with Crippen molar-refractivity contribution in [2.45, 2.75) is 31.8 Å². The van der Waals surface area contributed by atoms with Gasteiger partial charge in [0.2, 0.25) is 0 Å². The predicted octanol–water partition coefficient (Wildman–Crippen LogP) is 2.50. The van der Waals surface area contributed by atoms with Crippen molar-refractivity contribution in [1.29, 1.82) is 0 Å². The molecule has 0 radical (unpaired) electrons. The predicted molar refractivity (Wildman–Crippen MR) is 71.4 cm³/mol. The Balaban J connectivity index is 1.73. The van der Waals surface area contributed by atoms with Crippen molar-refractivity contribution in [2.75, 3.05) is 11.9 Å². The highest BCUT2D eigenvalue weighted by Gasteiger charge is 2.19. The van der Waals surface area contributed by atoms with Crippen molar-refractivity contribution in [3.05, 3.63) is 30.1 Å². The molecule has 0 heterocycles. The number of nitrogens with one attached hydrogen (secondary N) is 2. The third-order valence-corrected chi connectivity index (χ3v) is 3.45. The molecule has 0 atom stereocenters. The lowest BCUT2D eigenvalue weighted by atomic mass is 9.87. The van der Waals surface area contributed by atoms with Crippen LogP contribution in [-0.2, 0) is 0 Å². The Morgan fingerprint density at radius 2 is 2.05 bits per heavy atom. The molecule has 1 aromatic carbocycles. The number of amides is 2. The lowest BCUT2D eigenvalue weighted by Crippen LogP contribution is -2.34. The first kappa shape index (κ1) is 13.8. The molecule has 104 valence electrons. The summed E-state index contributed by atoms with van der Waals surface area (Å²) in [5.74, 6) is 0.0423. The molecule has 0 aliphatic heterocycles. The highest BCUT2D eigenvalue weighted by molar-refractivity contribution is 5.89. The molecule has 19 heavy (non-hydrogen) atoms. The van der Waals surface area contributed by atoms with Crippen molar-refractivity contribution in [2.24, 2.45) is 5.92 Å². The van der Waals surface area contributed by atoms with Gasteiger partial charge in [-0.3, -0.25) is 0 Å². The maximum atomic E-state index is 12.9. The van der Waals surface area contributed by atoms with Gasteiger partial charge >= 0.3 is 6.03 Å². The van der Waals surface area contributed by atoms with E-state index >= 15 is 0 Å². The Morgan fingerprint density at radius 3 is 2.74 bits per heavy atom. The van der Waals surface area contributed by atoms with Crippen LogP contribution in [0, 0.1) is 11.7 Å². The molecule has 0 aromatic heterocycles. The van der Waals surface area contributed by atoms with Gasteiger partial charge in [0.1, 0.15) is 5.82 Å². The van der Waals surface area contributed by atoms with Crippen LogP contribution in [0.4, 0.5) is 14.9 Å². The lowest BCUT2D eigenvalue weighted by molar-refractivity contribution is 0.109. The molecule has 1 aliphatic carbocycles. The third-order valence-electron chi connectivity index (χ3n) is 3.45. The van der Waals surface area contributed by atoms with E-state index in [2.05, 4.69) is 10.6 Å². The molecule has 5 heteroatoms. The molecule has 2 amide bonds. The van der Waals surface area contributed by atoms with Gasteiger partial charge in [0.05, 0.1) is 6.10 Å². The van der Waals surface area contributed by atoms with E-state index in [1.54, 1.807) is 12.1 Å². The smallest absolute Gasteiger partial charge is 0.319 e. The van der Waals surface area contributed by atoms with Crippen LogP contribution in [0.1, 0.15) is 25.7 Å². The summed E-state index contributed by atoms with van der Waals surface area (Å²) in [6, 6.07) is 5.47. The van der Waals surface area contributed by atoms with Crippen molar-refractivity contribution in [1.82, 2.24) is 5.32 Å². The number of hydrogen-bond donors (Lipinski definition) is 3. The average molecular weight is 266 g/mol. The molecule has 3 N–H and O–H groups in total. The monoisotopic (exact) mass is 266 g/mol. The van der Waals surface area contributed by atoms with Crippen molar-refractivity contribution in [3.63, 3.8) is 0 Å². The quantitative estimate of drug-likeness (QED) is 0.787. The fourth-order valence-electron chi connectivity index (χ4n) is 2.33. The van der Waals surface area contributed by atoms with Gasteiger partial charge in [-0.1, -0.05) is 6.07 Å². The van der Waals surface area contributed by atoms with E-state index in [1.807, 2.05) is 0 Å². The van der Waals surface area contributed by atoms with Crippen LogP contribution in [0.2, 0.25) is 0 Å². The fraction of sp³-hybridized carbons (Fsp3) is 0.500. The van der Waals surface area contributed by atoms with Gasteiger partial charge < -0.3 is 15.7 Å². The summed E-state index contributed by atoms with van der Waals surface area (Å²) in [4.78, 5) is 11.6. The summed E-state index contributed by atoms with van der Waals surface area (Å²) in [5, 5.41) is 14.8. The minimum atomic E-state index is -0.376. The van der Waals surface area contributed by atoms with Gasteiger partial charge in [0, 0.05) is 12.2 Å². The van der Waals surface area contributed by atoms with Crippen molar-refractivity contribution in [3.8, 4) is 0 Å². The maximum absolute atomic E-state index is 12.9. The van der Waals surface area contributed by atoms with Crippen LogP contribution < -0.4 is 10.6 Å². The summed E-state index contributed by atoms with van der Waals surface area (Å²) in [6.07, 6.45) is 3.29. The lowest BCUT2D eigenvalue weighted by Gasteiger charge is -2.25. The van der Waals surface area contributed by atoms with Crippen LogP contribution in [0.3, 0.4) is 0 Å². The van der Waals surface area contributed by atoms with Gasteiger partial charge in [-0.05, 0) is 49.8 Å². The fourth-order valence-corrected chi connectivity index (χ4v) is 2.33. The first-order chi connectivity index (χ1) is 9.13. The summed E-state index contributed by atoms with van der Waals surface area (Å²) < 4.78 is 12.9. The average Bonchev–Trinajstić information content (AvgIpc) is 2.38. The Morgan fingerprint density at radius 1 is 1.32 bits per heavy atom. The SMILES string of the molecule is O=C(NCC1CCC(O)CC1)Nc1cccc(F)c1. The first-order valence-electron chi connectivity index (χ1n) is 6.62. The molecule has 1 aliphatic rings. The third kappa shape index (κ3) is 4.52. The number of halogens is 1. The standard InChI is InChI=1S/C14H19FN2O2/c15-11-2-1-3-12(8-11)17-14(19)16-9-10-4-6-13(18)7-5-10/h1-3,8,10,13,18H,4-7,9H2,(H2,16,17,19). The van der Waals surface area contributed by atoms with Crippen LogP contribution in [0.5, 0.6) is 0 Å². The number of urea groups is 1. The molecule has 0 saturated heterocycles. The molecular formula is C14H19FN2O2. The van der Waals surface area contributed by atoms with E-state index in [0.717, 1.165) is 25.7 Å². The highest BCUT2D eigenvalue weighted by Crippen LogP contribution is 2.23. The van der Waals surface area contributed by atoms with E-state index in [9.17, 15) is 14.3 Å². The summed E-state index contributed by atoms with van der Waals surface area (Å²) in [7, 11) is 0. The molecule has 1 aromatic rings. The Hall–Kier alpha value is -1.62. The van der Waals surface area contributed by atoms with Gasteiger partial charge in [-0.15, -0.1) is 0 Å². The number of carbonyl (C=O) groups excluding carboxylic acids is 1. The van der Waals surface area contributed by atoms with E-state index < -0.39 is 0 Å². The maximum Gasteiger partial charge on any atom is 0.319 e. The van der Waals surface area contributed by atoms with E-state index in [1.165, 1.54) is 12.1 Å². The Kier molecular flexibility index (Phi) is 4.74. The van der Waals surface area contributed by atoms with Crippen LogP contribution in [0.15, 0.2) is 24.3 Å². The van der Waals surface area contributed by atoms with E-state index in [4.69, 9.17) is 0 Å². The molecule has 4 nitrogen and oxygen atoms in total. The molecule has 1 saturated carbocycles. The van der Waals surface area contributed by atoms with E-state index in [0.29, 0.717) is 18.2 Å². The minimum Gasteiger partial charge on any atom is -0.393 e. The second-order valence-corrected chi connectivity index (χ2v) is 5.02. The van der Waals surface area contributed by atoms with Crippen LogP contribution in [-0.4, -0.2) is 23.8 Å². The number of anilines is 1. The zero-order valence-electron chi connectivity index (χ0n) is 10.7. The Bertz CT molecular complexity index is 431. The Labute approximate surface area is 112 Å².